The van der Waals surface area contributed by atoms with Gasteiger partial charge in [-0.15, -0.1) is 0 Å². The zero-order valence-corrected chi connectivity index (χ0v) is 15.3. The van der Waals surface area contributed by atoms with E-state index in [0.29, 0.717) is 23.8 Å². The topological polar surface area (TPSA) is 104 Å². The summed E-state index contributed by atoms with van der Waals surface area (Å²) in [5.74, 6) is 0.842. The Labute approximate surface area is 160 Å². The summed E-state index contributed by atoms with van der Waals surface area (Å²) in [4.78, 5) is 23.2. The summed E-state index contributed by atoms with van der Waals surface area (Å²) in [5.41, 5.74) is 0.653. The molecule has 1 aromatic heterocycles. The van der Waals surface area contributed by atoms with E-state index >= 15 is 0 Å². The van der Waals surface area contributed by atoms with Gasteiger partial charge in [0, 0.05) is 5.69 Å². The molecular weight excluding hydrogens is 364 g/mol. The SMILES string of the molecule is CCOc1ccc(NC(=O)c2ccc(-c3ccc(OC)cc3[N+](=O)[O-])o2)cc1. The summed E-state index contributed by atoms with van der Waals surface area (Å²) in [6.45, 7) is 2.44. The van der Waals surface area contributed by atoms with Crippen molar-refractivity contribution in [3.8, 4) is 22.8 Å². The third-order valence-electron chi connectivity index (χ3n) is 3.92. The molecule has 0 saturated heterocycles. The molecule has 1 heterocycles. The second-order valence-electron chi connectivity index (χ2n) is 5.72. The van der Waals surface area contributed by atoms with E-state index in [9.17, 15) is 14.9 Å². The molecule has 2 aromatic carbocycles. The van der Waals surface area contributed by atoms with E-state index in [4.69, 9.17) is 13.9 Å². The first-order chi connectivity index (χ1) is 13.5. The smallest absolute Gasteiger partial charge is 0.291 e. The van der Waals surface area contributed by atoms with Crippen LogP contribution in [-0.4, -0.2) is 24.5 Å². The molecule has 0 spiro atoms. The number of nitro groups is 1. The molecule has 0 aliphatic rings. The number of rotatable bonds is 7. The lowest BCUT2D eigenvalue weighted by molar-refractivity contribution is -0.384. The minimum absolute atomic E-state index is 0.0361. The van der Waals surface area contributed by atoms with Gasteiger partial charge in [0.2, 0.25) is 0 Å². The number of nitro benzene ring substituents is 1. The van der Waals surface area contributed by atoms with Gasteiger partial charge >= 0.3 is 0 Å². The Hall–Kier alpha value is -3.81. The van der Waals surface area contributed by atoms with E-state index < -0.39 is 10.8 Å². The minimum atomic E-state index is -0.528. The molecular formula is C20H18N2O6. The summed E-state index contributed by atoms with van der Waals surface area (Å²) >= 11 is 0. The van der Waals surface area contributed by atoms with Crippen LogP contribution in [0.1, 0.15) is 17.5 Å². The third-order valence-corrected chi connectivity index (χ3v) is 3.92. The number of hydrogen-bond donors (Lipinski definition) is 1. The molecule has 0 atom stereocenters. The molecule has 0 aliphatic carbocycles. The Morgan fingerprint density at radius 3 is 2.46 bits per heavy atom. The van der Waals surface area contributed by atoms with Crippen LogP contribution in [0.4, 0.5) is 11.4 Å². The van der Waals surface area contributed by atoms with Crippen molar-refractivity contribution in [1.29, 1.82) is 0 Å². The Bertz CT molecular complexity index is 994. The number of carbonyl (C=O) groups is 1. The van der Waals surface area contributed by atoms with Crippen LogP contribution in [0.5, 0.6) is 11.5 Å². The zero-order chi connectivity index (χ0) is 20.1. The van der Waals surface area contributed by atoms with Crippen molar-refractivity contribution in [1.82, 2.24) is 0 Å². The van der Waals surface area contributed by atoms with Crippen LogP contribution in [-0.2, 0) is 0 Å². The van der Waals surface area contributed by atoms with Gasteiger partial charge in [-0.3, -0.25) is 14.9 Å². The fourth-order valence-electron chi connectivity index (χ4n) is 2.60. The van der Waals surface area contributed by atoms with E-state index in [0.717, 1.165) is 0 Å². The number of carbonyl (C=O) groups excluding carboxylic acids is 1. The van der Waals surface area contributed by atoms with Crippen LogP contribution in [0, 0.1) is 10.1 Å². The van der Waals surface area contributed by atoms with E-state index in [1.807, 2.05) is 6.92 Å². The van der Waals surface area contributed by atoms with Crippen molar-refractivity contribution in [2.24, 2.45) is 0 Å². The maximum Gasteiger partial charge on any atom is 0.291 e. The van der Waals surface area contributed by atoms with E-state index in [2.05, 4.69) is 5.32 Å². The largest absolute Gasteiger partial charge is 0.497 e. The average molecular weight is 382 g/mol. The standard InChI is InChI=1S/C20H18N2O6/c1-3-27-14-6-4-13(5-7-14)21-20(23)19-11-10-18(28-19)16-9-8-15(26-2)12-17(16)22(24)25/h4-12H,3H2,1-2H3,(H,21,23). The molecule has 0 radical (unpaired) electrons. The number of amides is 1. The maximum atomic E-state index is 12.4. The lowest BCUT2D eigenvalue weighted by Crippen LogP contribution is -2.10. The normalized spacial score (nSPS) is 10.4. The van der Waals surface area contributed by atoms with Crippen LogP contribution in [0.2, 0.25) is 0 Å². The van der Waals surface area contributed by atoms with E-state index in [-0.39, 0.29) is 22.8 Å². The lowest BCUT2D eigenvalue weighted by atomic mass is 10.1. The van der Waals surface area contributed by atoms with Crippen molar-refractivity contribution in [3.05, 3.63) is 70.5 Å². The van der Waals surface area contributed by atoms with Crippen molar-refractivity contribution in [3.63, 3.8) is 0 Å². The highest BCUT2D eigenvalue weighted by Crippen LogP contribution is 2.34. The van der Waals surface area contributed by atoms with Gasteiger partial charge in [0.15, 0.2) is 5.76 Å². The van der Waals surface area contributed by atoms with E-state index in [1.165, 1.54) is 31.4 Å². The van der Waals surface area contributed by atoms with Gasteiger partial charge in [-0.05, 0) is 55.5 Å². The summed E-state index contributed by atoms with van der Waals surface area (Å²) in [5, 5.41) is 14.0. The van der Waals surface area contributed by atoms with Crippen molar-refractivity contribution >= 4 is 17.3 Å². The number of hydrogen-bond acceptors (Lipinski definition) is 6. The van der Waals surface area contributed by atoms with Gasteiger partial charge in [-0.25, -0.2) is 0 Å². The molecule has 28 heavy (non-hydrogen) atoms. The van der Waals surface area contributed by atoms with Crippen molar-refractivity contribution < 1.29 is 23.6 Å². The molecule has 8 nitrogen and oxygen atoms in total. The molecule has 1 N–H and O–H groups in total. The van der Waals surface area contributed by atoms with Crippen LogP contribution < -0.4 is 14.8 Å². The van der Waals surface area contributed by atoms with Gasteiger partial charge < -0.3 is 19.2 Å². The monoisotopic (exact) mass is 382 g/mol. The summed E-state index contributed by atoms with van der Waals surface area (Å²) in [6.07, 6.45) is 0. The number of nitrogens with one attached hydrogen (secondary N) is 1. The predicted molar refractivity (Wildman–Crippen MR) is 103 cm³/mol. The zero-order valence-electron chi connectivity index (χ0n) is 15.3. The van der Waals surface area contributed by atoms with Crippen LogP contribution >= 0.6 is 0 Å². The number of nitrogens with zero attached hydrogens (tertiary/aromatic N) is 1. The number of furan rings is 1. The van der Waals surface area contributed by atoms with Gasteiger partial charge in [0.1, 0.15) is 17.3 Å². The highest BCUT2D eigenvalue weighted by molar-refractivity contribution is 6.02. The molecule has 8 heteroatoms. The second kappa shape index (κ2) is 8.26. The van der Waals surface area contributed by atoms with Crippen molar-refractivity contribution in [2.45, 2.75) is 6.92 Å². The maximum absolute atomic E-state index is 12.4. The fourth-order valence-corrected chi connectivity index (χ4v) is 2.60. The third kappa shape index (κ3) is 4.12. The highest BCUT2D eigenvalue weighted by atomic mass is 16.6. The number of anilines is 1. The number of benzene rings is 2. The second-order valence-corrected chi connectivity index (χ2v) is 5.72. The summed E-state index contributed by atoms with van der Waals surface area (Å²) < 4.78 is 15.9. The van der Waals surface area contributed by atoms with Gasteiger partial charge in [-0.2, -0.15) is 0 Å². The molecule has 0 unspecified atom stereocenters. The predicted octanol–water partition coefficient (Wildman–Crippen LogP) is 4.51. The molecule has 0 bridgehead atoms. The number of methoxy groups -OCH3 is 1. The Kier molecular flexibility index (Phi) is 5.59. The quantitative estimate of drug-likeness (QED) is 0.476. The van der Waals surface area contributed by atoms with Crippen LogP contribution in [0.15, 0.2) is 59.0 Å². The minimum Gasteiger partial charge on any atom is -0.497 e. The fraction of sp³-hybridized carbons (Fsp3) is 0.150. The lowest BCUT2D eigenvalue weighted by Gasteiger charge is -2.06. The molecule has 144 valence electrons. The van der Waals surface area contributed by atoms with E-state index in [1.54, 1.807) is 30.3 Å². The van der Waals surface area contributed by atoms with Gasteiger partial charge in [0.25, 0.3) is 11.6 Å². The molecule has 1 amide bonds. The number of ether oxygens (including phenoxy) is 2. The molecule has 0 saturated carbocycles. The summed E-state index contributed by atoms with van der Waals surface area (Å²) in [7, 11) is 1.43. The molecule has 0 aliphatic heterocycles. The first-order valence-electron chi connectivity index (χ1n) is 8.48. The van der Waals surface area contributed by atoms with Crippen LogP contribution in [0.3, 0.4) is 0 Å². The van der Waals surface area contributed by atoms with Gasteiger partial charge in [-0.1, -0.05) is 0 Å². The Morgan fingerprint density at radius 1 is 1.11 bits per heavy atom. The highest BCUT2D eigenvalue weighted by Gasteiger charge is 2.21. The average Bonchev–Trinajstić information content (AvgIpc) is 3.19. The van der Waals surface area contributed by atoms with Crippen molar-refractivity contribution in [2.75, 3.05) is 19.0 Å². The molecule has 0 fully saturated rings. The van der Waals surface area contributed by atoms with Crippen LogP contribution in [0.25, 0.3) is 11.3 Å². The first kappa shape index (κ1) is 19.0. The van der Waals surface area contributed by atoms with Gasteiger partial charge in [0.05, 0.1) is 30.3 Å². The summed E-state index contributed by atoms with van der Waals surface area (Å²) in [6, 6.07) is 14.3. The molecule has 3 rings (SSSR count). The first-order valence-corrected chi connectivity index (χ1v) is 8.48. The Balaban J connectivity index is 1.80. The Morgan fingerprint density at radius 2 is 1.82 bits per heavy atom. The molecule has 3 aromatic rings.